The van der Waals surface area contributed by atoms with Gasteiger partial charge in [-0.3, -0.25) is 10.0 Å². The Kier molecular flexibility index (Phi) is 6.50. The first-order chi connectivity index (χ1) is 12.0. The number of aromatic carboxylic acids is 1. The molecule has 0 radical (unpaired) electrons. The van der Waals surface area contributed by atoms with Gasteiger partial charge in [0.1, 0.15) is 5.75 Å². The van der Waals surface area contributed by atoms with Crippen LogP contribution in [0.2, 0.25) is 0 Å². The van der Waals surface area contributed by atoms with Crippen LogP contribution in [-0.2, 0) is 11.3 Å². The SMILES string of the molecule is COc1ccc(C(CC(=O)NO)NCc2ccccc2C(=O)O)cc1. The zero-order chi connectivity index (χ0) is 18.2. The number of hydrogen-bond donors (Lipinski definition) is 4. The summed E-state index contributed by atoms with van der Waals surface area (Å²) < 4.78 is 5.12. The molecule has 25 heavy (non-hydrogen) atoms. The van der Waals surface area contributed by atoms with Crippen molar-refractivity contribution >= 4 is 11.9 Å². The third kappa shape index (κ3) is 5.03. The van der Waals surface area contributed by atoms with Crippen LogP contribution in [0.3, 0.4) is 0 Å². The monoisotopic (exact) mass is 344 g/mol. The maximum Gasteiger partial charge on any atom is 0.336 e. The minimum Gasteiger partial charge on any atom is -0.497 e. The van der Waals surface area contributed by atoms with Gasteiger partial charge in [-0.1, -0.05) is 30.3 Å². The number of rotatable bonds is 8. The maximum absolute atomic E-state index is 11.6. The lowest BCUT2D eigenvalue weighted by Gasteiger charge is -2.19. The Balaban J connectivity index is 2.18. The highest BCUT2D eigenvalue weighted by molar-refractivity contribution is 5.89. The highest BCUT2D eigenvalue weighted by Gasteiger charge is 2.17. The van der Waals surface area contributed by atoms with E-state index in [1.807, 2.05) is 12.1 Å². The summed E-state index contributed by atoms with van der Waals surface area (Å²) in [6.45, 7) is 0.262. The normalized spacial score (nSPS) is 11.6. The van der Waals surface area contributed by atoms with Gasteiger partial charge in [-0.15, -0.1) is 0 Å². The molecule has 4 N–H and O–H groups in total. The van der Waals surface area contributed by atoms with Crippen molar-refractivity contribution in [3.05, 3.63) is 65.2 Å². The molecule has 0 spiro atoms. The van der Waals surface area contributed by atoms with Crippen LogP contribution >= 0.6 is 0 Å². The number of nitrogens with one attached hydrogen (secondary N) is 2. The van der Waals surface area contributed by atoms with Crippen LogP contribution in [-0.4, -0.2) is 29.3 Å². The van der Waals surface area contributed by atoms with Gasteiger partial charge in [0.05, 0.1) is 12.7 Å². The van der Waals surface area contributed by atoms with Crippen LogP contribution in [0, 0.1) is 0 Å². The first-order valence-electron chi connectivity index (χ1n) is 7.66. The molecule has 0 saturated heterocycles. The summed E-state index contributed by atoms with van der Waals surface area (Å²) in [4.78, 5) is 22.9. The Hall–Kier alpha value is -2.90. The second-order valence-corrected chi connectivity index (χ2v) is 5.41. The van der Waals surface area contributed by atoms with E-state index in [9.17, 15) is 14.7 Å². The molecule has 0 fully saturated rings. The van der Waals surface area contributed by atoms with E-state index in [1.165, 1.54) is 6.07 Å². The van der Waals surface area contributed by atoms with Crippen molar-refractivity contribution in [1.82, 2.24) is 10.8 Å². The lowest BCUT2D eigenvalue weighted by Crippen LogP contribution is -2.29. The predicted molar refractivity (Wildman–Crippen MR) is 90.5 cm³/mol. The lowest BCUT2D eigenvalue weighted by atomic mass is 10.0. The Morgan fingerprint density at radius 1 is 1.12 bits per heavy atom. The van der Waals surface area contributed by atoms with Gasteiger partial charge in [0.2, 0.25) is 5.91 Å². The first kappa shape index (κ1) is 18.4. The number of methoxy groups -OCH3 is 1. The van der Waals surface area contributed by atoms with E-state index in [2.05, 4.69) is 5.32 Å². The number of amides is 1. The molecule has 7 nitrogen and oxygen atoms in total. The van der Waals surface area contributed by atoms with Gasteiger partial charge in [-0.05, 0) is 29.3 Å². The molecule has 1 atom stereocenters. The van der Waals surface area contributed by atoms with Gasteiger partial charge in [0.25, 0.3) is 0 Å². The molecule has 7 heteroatoms. The van der Waals surface area contributed by atoms with Crippen LogP contribution in [0.25, 0.3) is 0 Å². The second-order valence-electron chi connectivity index (χ2n) is 5.41. The summed E-state index contributed by atoms with van der Waals surface area (Å²) in [5.74, 6) is -0.864. The second kappa shape index (κ2) is 8.81. The molecular weight excluding hydrogens is 324 g/mol. The quantitative estimate of drug-likeness (QED) is 0.431. The molecule has 132 valence electrons. The Labute approximate surface area is 145 Å². The number of carbonyl (C=O) groups excluding carboxylic acids is 1. The molecule has 2 aromatic carbocycles. The maximum atomic E-state index is 11.6. The van der Waals surface area contributed by atoms with Crippen molar-refractivity contribution in [3.8, 4) is 5.75 Å². The highest BCUT2D eigenvalue weighted by atomic mass is 16.5. The van der Waals surface area contributed by atoms with Gasteiger partial charge in [-0.25, -0.2) is 10.3 Å². The van der Waals surface area contributed by atoms with E-state index >= 15 is 0 Å². The van der Waals surface area contributed by atoms with Crippen molar-refractivity contribution in [1.29, 1.82) is 0 Å². The molecule has 0 aliphatic heterocycles. The van der Waals surface area contributed by atoms with Gasteiger partial charge in [0.15, 0.2) is 0 Å². The molecule has 2 rings (SSSR count). The number of carboxylic acids is 1. The molecule has 0 bridgehead atoms. The smallest absolute Gasteiger partial charge is 0.336 e. The largest absolute Gasteiger partial charge is 0.497 e. The predicted octanol–water partition coefficient (Wildman–Crippen LogP) is 2.12. The Morgan fingerprint density at radius 3 is 2.40 bits per heavy atom. The molecule has 0 aromatic heterocycles. The van der Waals surface area contributed by atoms with Gasteiger partial charge >= 0.3 is 5.97 Å². The minimum absolute atomic E-state index is 0.00192. The summed E-state index contributed by atoms with van der Waals surface area (Å²) >= 11 is 0. The number of benzene rings is 2. The van der Waals surface area contributed by atoms with E-state index in [1.54, 1.807) is 42.9 Å². The average Bonchev–Trinajstić information content (AvgIpc) is 2.65. The van der Waals surface area contributed by atoms with Crippen molar-refractivity contribution in [3.63, 3.8) is 0 Å². The third-order valence-electron chi connectivity index (χ3n) is 3.82. The van der Waals surface area contributed by atoms with Crippen LogP contribution < -0.4 is 15.5 Å². The van der Waals surface area contributed by atoms with Crippen molar-refractivity contribution in [2.75, 3.05) is 7.11 Å². The molecule has 0 heterocycles. The minimum atomic E-state index is -1.01. The highest BCUT2D eigenvalue weighted by Crippen LogP contribution is 2.21. The van der Waals surface area contributed by atoms with Crippen molar-refractivity contribution in [2.45, 2.75) is 19.0 Å². The van der Waals surface area contributed by atoms with E-state index in [4.69, 9.17) is 9.94 Å². The number of hydrogen-bond acceptors (Lipinski definition) is 5. The third-order valence-corrected chi connectivity index (χ3v) is 3.82. The van der Waals surface area contributed by atoms with E-state index in [0.29, 0.717) is 11.3 Å². The van der Waals surface area contributed by atoms with Crippen LogP contribution in [0.4, 0.5) is 0 Å². The summed E-state index contributed by atoms with van der Waals surface area (Å²) in [5, 5.41) is 21.2. The molecule has 0 aliphatic carbocycles. The number of ether oxygens (including phenoxy) is 1. The fourth-order valence-corrected chi connectivity index (χ4v) is 2.49. The fourth-order valence-electron chi connectivity index (χ4n) is 2.49. The molecule has 0 saturated carbocycles. The topological polar surface area (TPSA) is 108 Å². The van der Waals surface area contributed by atoms with E-state index < -0.39 is 17.9 Å². The van der Waals surface area contributed by atoms with Crippen LogP contribution in [0.1, 0.15) is 33.9 Å². The zero-order valence-electron chi connectivity index (χ0n) is 13.7. The zero-order valence-corrected chi connectivity index (χ0v) is 13.7. The summed E-state index contributed by atoms with van der Waals surface area (Å²) in [6, 6.07) is 13.4. The van der Waals surface area contributed by atoms with Crippen molar-refractivity contribution in [2.24, 2.45) is 0 Å². The fraction of sp³-hybridized carbons (Fsp3) is 0.222. The molecule has 0 aliphatic rings. The summed E-state index contributed by atoms with van der Waals surface area (Å²) in [7, 11) is 1.56. The van der Waals surface area contributed by atoms with Crippen LogP contribution in [0.5, 0.6) is 5.75 Å². The number of hydroxylamine groups is 1. The molecule has 2 aromatic rings. The average molecular weight is 344 g/mol. The van der Waals surface area contributed by atoms with Crippen LogP contribution in [0.15, 0.2) is 48.5 Å². The lowest BCUT2D eigenvalue weighted by molar-refractivity contribution is -0.129. The van der Waals surface area contributed by atoms with Gasteiger partial charge in [0, 0.05) is 19.0 Å². The summed E-state index contributed by atoms with van der Waals surface area (Å²) in [5.41, 5.74) is 3.25. The number of carbonyl (C=O) groups is 2. The first-order valence-corrected chi connectivity index (χ1v) is 7.66. The van der Waals surface area contributed by atoms with Crippen molar-refractivity contribution < 1.29 is 24.6 Å². The molecule has 1 unspecified atom stereocenters. The molecular formula is C18H20N2O5. The standard InChI is InChI=1S/C18H20N2O5/c1-25-14-8-6-12(7-9-14)16(10-17(21)20-24)19-11-13-4-2-3-5-15(13)18(22)23/h2-9,16,19,24H,10-11H2,1H3,(H,20,21)(H,22,23). The Morgan fingerprint density at radius 2 is 1.80 bits per heavy atom. The van der Waals surface area contributed by atoms with Gasteiger partial charge in [-0.2, -0.15) is 0 Å². The van der Waals surface area contributed by atoms with E-state index in [0.717, 1.165) is 5.56 Å². The van der Waals surface area contributed by atoms with Gasteiger partial charge < -0.3 is 15.2 Å². The Bertz CT molecular complexity index is 731. The van der Waals surface area contributed by atoms with E-state index in [-0.39, 0.29) is 18.5 Å². The molecule has 1 amide bonds. The summed E-state index contributed by atoms with van der Waals surface area (Å²) in [6.07, 6.45) is -0.00192. The number of carboxylic acid groups (broad SMARTS) is 1.